The average molecular weight is 344 g/mol. The van der Waals surface area contributed by atoms with Crippen molar-refractivity contribution in [3.63, 3.8) is 0 Å². The molecule has 112 valence electrons. The number of hydrogen-bond donors (Lipinski definition) is 2. The maximum absolute atomic E-state index is 13.2. The summed E-state index contributed by atoms with van der Waals surface area (Å²) in [6.07, 6.45) is 5.15. The van der Waals surface area contributed by atoms with Gasteiger partial charge in [-0.05, 0) is 55.4 Å². The lowest BCUT2D eigenvalue weighted by molar-refractivity contribution is -0.00882. The van der Waals surface area contributed by atoms with Gasteiger partial charge in [-0.1, -0.05) is 29.3 Å². The first-order valence-electron chi connectivity index (χ1n) is 7.39. The predicted molar refractivity (Wildman–Crippen MR) is 83.0 cm³/mol. The van der Waals surface area contributed by atoms with Crippen LogP contribution in [0.4, 0.5) is 4.39 Å². The number of nitrogens with one attached hydrogen (secondary N) is 1. The molecular formula is C16H23BrFNO. The maximum atomic E-state index is 13.2. The molecule has 4 heteroatoms. The number of aliphatic hydroxyl groups is 1. The van der Waals surface area contributed by atoms with Gasteiger partial charge in [0.1, 0.15) is 5.82 Å². The first-order chi connectivity index (χ1) is 9.52. The van der Waals surface area contributed by atoms with E-state index in [-0.39, 0.29) is 5.82 Å². The molecule has 0 unspecified atom stereocenters. The van der Waals surface area contributed by atoms with Gasteiger partial charge in [0.05, 0.1) is 5.60 Å². The van der Waals surface area contributed by atoms with Crippen molar-refractivity contribution in [1.29, 1.82) is 0 Å². The zero-order valence-electron chi connectivity index (χ0n) is 12.0. The first kappa shape index (κ1) is 15.9. The molecule has 1 aromatic rings. The van der Waals surface area contributed by atoms with Crippen LogP contribution in [0.1, 0.15) is 44.6 Å². The zero-order valence-corrected chi connectivity index (χ0v) is 13.5. The van der Waals surface area contributed by atoms with Crippen molar-refractivity contribution in [2.24, 2.45) is 5.92 Å². The van der Waals surface area contributed by atoms with E-state index in [1.807, 2.05) is 0 Å². The monoisotopic (exact) mass is 343 g/mol. The summed E-state index contributed by atoms with van der Waals surface area (Å²) in [6, 6.07) is 4.68. The third kappa shape index (κ3) is 4.27. The van der Waals surface area contributed by atoms with Gasteiger partial charge in [0.15, 0.2) is 0 Å². The van der Waals surface area contributed by atoms with Crippen LogP contribution < -0.4 is 5.32 Å². The lowest BCUT2D eigenvalue weighted by Crippen LogP contribution is -2.43. The van der Waals surface area contributed by atoms with Crippen molar-refractivity contribution < 1.29 is 9.50 Å². The minimum atomic E-state index is -0.592. The van der Waals surface area contributed by atoms with Gasteiger partial charge >= 0.3 is 0 Å². The highest BCUT2D eigenvalue weighted by Gasteiger charge is 2.32. The standard InChI is InChI=1S/C16H23BrFNO/c1-2-12-5-7-16(20,8-6-12)11-19-10-13-9-14(18)3-4-15(13)17/h3-4,9,12,19-20H,2,5-8,10-11H2,1H3. The molecule has 2 nitrogen and oxygen atoms in total. The molecule has 0 aromatic heterocycles. The summed E-state index contributed by atoms with van der Waals surface area (Å²) < 4.78 is 14.1. The summed E-state index contributed by atoms with van der Waals surface area (Å²) in [5.41, 5.74) is 0.293. The summed E-state index contributed by atoms with van der Waals surface area (Å²) in [6.45, 7) is 3.36. The molecule has 20 heavy (non-hydrogen) atoms. The van der Waals surface area contributed by atoms with E-state index in [1.165, 1.54) is 18.6 Å². The Morgan fingerprint density at radius 3 is 2.75 bits per heavy atom. The van der Waals surface area contributed by atoms with E-state index >= 15 is 0 Å². The van der Waals surface area contributed by atoms with Gasteiger partial charge in [-0.25, -0.2) is 4.39 Å². The van der Waals surface area contributed by atoms with Crippen molar-refractivity contribution >= 4 is 15.9 Å². The molecule has 0 atom stereocenters. The van der Waals surface area contributed by atoms with Crippen LogP contribution in [0.3, 0.4) is 0 Å². The Hall–Kier alpha value is -0.450. The van der Waals surface area contributed by atoms with Crippen molar-refractivity contribution in [3.05, 3.63) is 34.1 Å². The van der Waals surface area contributed by atoms with Gasteiger partial charge < -0.3 is 10.4 Å². The van der Waals surface area contributed by atoms with Gasteiger partial charge in [-0.3, -0.25) is 0 Å². The molecule has 0 heterocycles. The second-order valence-corrected chi connectivity index (χ2v) is 6.77. The SMILES string of the molecule is CCC1CCC(O)(CNCc2cc(F)ccc2Br)CC1. The molecule has 0 radical (unpaired) electrons. The Kier molecular flexibility index (Phi) is 5.58. The van der Waals surface area contributed by atoms with Crippen LogP contribution in [-0.4, -0.2) is 17.3 Å². The highest BCUT2D eigenvalue weighted by molar-refractivity contribution is 9.10. The van der Waals surface area contributed by atoms with E-state index < -0.39 is 5.60 Å². The zero-order chi connectivity index (χ0) is 14.6. The maximum Gasteiger partial charge on any atom is 0.123 e. The van der Waals surface area contributed by atoms with E-state index in [0.29, 0.717) is 13.1 Å². The molecule has 2 N–H and O–H groups in total. The average Bonchev–Trinajstić information content (AvgIpc) is 2.43. The highest BCUT2D eigenvalue weighted by atomic mass is 79.9. The molecule has 1 aromatic carbocycles. The fourth-order valence-corrected chi connectivity index (χ4v) is 3.30. The van der Waals surface area contributed by atoms with Crippen LogP contribution in [0, 0.1) is 11.7 Å². The summed E-state index contributed by atoms with van der Waals surface area (Å²) >= 11 is 3.42. The van der Waals surface area contributed by atoms with Gasteiger partial charge in [0, 0.05) is 17.6 Å². The van der Waals surface area contributed by atoms with Gasteiger partial charge in [0.2, 0.25) is 0 Å². The molecule has 0 bridgehead atoms. The minimum absolute atomic E-state index is 0.229. The molecule has 1 aliphatic carbocycles. The van der Waals surface area contributed by atoms with Crippen LogP contribution in [0.15, 0.2) is 22.7 Å². The second kappa shape index (κ2) is 7.01. The Morgan fingerprint density at radius 1 is 1.40 bits per heavy atom. The van der Waals surface area contributed by atoms with Gasteiger partial charge in [0.25, 0.3) is 0 Å². The summed E-state index contributed by atoms with van der Waals surface area (Å²) in [4.78, 5) is 0. The smallest absolute Gasteiger partial charge is 0.123 e. The summed E-state index contributed by atoms with van der Waals surface area (Å²) in [5.74, 6) is 0.541. The van der Waals surface area contributed by atoms with E-state index in [0.717, 1.165) is 41.6 Å². The Morgan fingerprint density at radius 2 is 2.10 bits per heavy atom. The number of rotatable bonds is 5. The van der Waals surface area contributed by atoms with E-state index in [4.69, 9.17) is 0 Å². The van der Waals surface area contributed by atoms with Crippen molar-refractivity contribution in [2.75, 3.05) is 6.54 Å². The molecule has 0 amide bonds. The van der Waals surface area contributed by atoms with Crippen molar-refractivity contribution in [3.8, 4) is 0 Å². The molecule has 0 spiro atoms. The van der Waals surface area contributed by atoms with E-state index in [2.05, 4.69) is 28.2 Å². The quantitative estimate of drug-likeness (QED) is 0.846. The Labute approximate surface area is 128 Å². The molecule has 0 saturated heterocycles. The second-order valence-electron chi connectivity index (χ2n) is 5.92. The summed E-state index contributed by atoms with van der Waals surface area (Å²) in [7, 11) is 0. The molecule has 1 saturated carbocycles. The molecule has 1 fully saturated rings. The fourth-order valence-electron chi connectivity index (χ4n) is 2.91. The Bertz CT molecular complexity index is 444. The molecule has 1 aliphatic rings. The largest absolute Gasteiger partial charge is 0.389 e. The van der Waals surface area contributed by atoms with E-state index in [1.54, 1.807) is 6.07 Å². The van der Waals surface area contributed by atoms with Gasteiger partial charge in [-0.15, -0.1) is 0 Å². The fraction of sp³-hybridized carbons (Fsp3) is 0.625. The third-order valence-corrected chi connectivity index (χ3v) is 5.16. The van der Waals surface area contributed by atoms with Crippen LogP contribution >= 0.6 is 15.9 Å². The lowest BCUT2D eigenvalue weighted by Gasteiger charge is -2.36. The topological polar surface area (TPSA) is 32.3 Å². The van der Waals surface area contributed by atoms with Crippen LogP contribution in [0.25, 0.3) is 0 Å². The van der Waals surface area contributed by atoms with Crippen molar-refractivity contribution in [2.45, 2.75) is 51.2 Å². The van der Waals surface area contributed by atoms with Crippen LogP contribution in [0.2, 0.25) is 0 Å². The highest BCUT2D eigenvalue weighted by Crippen LogP contribution is 2.33. The normalized spacial score (nSPS) is 26.7. The predicted octanol–water partition coefficient (Wildman–Crippen LogP) is 4.01. The molecule has 2 rings (SSSR count). The van der Waals surface area contributed by atoms with Crippen molar-refractivity contribution in [1.82, 2.24) is 5.32 Å². The number of benzene rings is 1. The van der Waals surface area contributed by atoms with Gasteiger partial charge in [-0.2, -0.15) is 0 Å². The van der Waals surface area contributed by atoms with Crippen LogP contribution in [-0.2, 0) is 6.54 Å². The molecule has 0 aliphatic heterocycles. The third-order valence-electron chi connectivity index (χ3n) is 4.39. The summed E-state index contributed by atoms with van der Waals surface area (Å²) in [5, 5.41) is 13.8. The minimum Gasteiger partial charge on any atom is -0.389 e. The number of halogens is 2. The van der Waals surface area contributed by atoms with E-state index in [9.17, 15) is 9.50 Å². The lowest BCUT2D eigenvalue weighted by atomic mass is 9.78. The number of hydrogen-bond acceptors (Lipinski definition) is 2. The molecular weight excluding hydrogens is 321 g/mol. The Balaban J connectivity index is 1.82. The van der Waals surface area contributed by atoms with Crippen LogP contribution in [0.5, 0.6) is 0 Å². The first-order valence-corrected chi connectivity index (χ1v) is 8.19.